The largest absolute Gasteiger partial charge is 0.393 e. The molecule has 1 amide bonds. The summed E-state index contributed by atoms with van der Waals surface area (Å²) < 4.78 is 0. The van der Waals surface area contributed by atoms with Crippen LogP contribution in [0.5, 0.6) is 0 Å². The number of aliphatic hydroxyl groups is 1. The number of nitriles is 1. The van der Waals surface area contributed by atoms with Crippen molar-refractivity contribution >= 4 is 5.91 Å². The normalized spacial score (nSPS) is 32.7. The van der Waals surface area contributed by atoms with E-state index >= 15 is 0 Å². The van der Waals surface area contributed by atoms with E-state index in [0.29, 0.717) is 37.5 Å². The first kappa shape index (κ1) is 21.9. The second-order valence-corrected chi connectivity index (χ2v) is 10.5. The molecule has 32 heavy (non-hydrogen) atoms. The first-order valence-corrected chi connectivity index (χ1v) is 12.5. The van der Waals surface area contributed by atoms with Gasteiger partial charge in [-0.25, -0.2) is 0 Å². The average molecular weight is 437 g/mol. The molecule has 2 heterocycles. The molecule has 0 bridgehead atoms. The van der Waals surface area contributed by atoms with Gasteiger partial charge in [-0.1, -0.05) is 30.3 Å². The van der Waals surface area contributed by atoms with E-state index in [1.54, 1.807) is 0 Å². The number of carbonyl (C=O) groups excluding carboxylic acids is 1. The lowest BCUT2D eigenvalue weighted by atomic mass is 9.80. The summed E-state index contributed by atoms with van der Waals surface area (Å²) in [6.07, 6.45) is 6.78. The Morgan fingerprint density at radius 2 is 1.78 bits per heavy atom. The molecule has 2 aliphatic heterocycles. The van der Waals surface area contributed by atoms with Crippen LogP contribution in [0.4, 0.5) is 0 Å². The zero-order valence-electron chi connectivity index (χ0n) is 19.0. The van der Waals surface area contributed by atoms with Gasteiger partial charge in [-0.2, -0.15) is 5.26 Å². The Morgan fingerprint density at radius 1 is 1.09 bits per heavy atom. The Labute approximate surface area is 191 Å². The van der Waals surface area contributed by atoms with Crippen molar-refractivity contribution in [3.8, 4) is 6.07 Å². The van der Waals surface area contributed by atoms with E-state index in [9.17, 15) is 15.2 Å². The van der Waals surface area contributed by atoms with Crippen molar-refractivity contribution in [2.75, 3.05) is 26.2 Å². The number of nitrogens with one attached hydrogen (secondary N) is 1. The summed E-state index contributed by atoms with van der Waals surface area (Å²) in [7, 11) is 0. The third-order valence-electron chi connectivity index (χ3n) is 8.37. The molecule has 4 aliphatic rings. The van der Waals surface area contributed by atoms with Crippen molar-refractivity contribution in [2.24, 2.45) is 5.92 Å². The predicted molar refractivity (Wildman–Crippen MR) is 123 cm³/mol. The number of rotatable bonds is 6. The second-order valence-electron chi connectivity index (χ2n) is 10.5. The van der Waals surface area contributed by atoms with E-state index in [-0.39, 0.29) is 23.5 Å². The fraction of sp³-hybridized carbons (Fsp3) is 0.692. The fourth-order valence-electron chi connectivity index (χ4n) is 6.24. The number of amides is 1. The highest BCUT2D eigenvalue weighted by Gasteiger charge is 2.51. The Kier molecular flexibility index (Phi) is 6.24. The van der Waals surface area contributed by atoms with Gasteiger partial charge >= 0.3 is 0 Å². The smallest absolute Gasteiger partial charge is 0.225 e. The molecule has 172 valence electrons. The molecule has 5 rings (SSSR count). The molecule has 0 aromatic heterocycles. The monoisotopic (exact) mass is 436 g/mol. The maximum atomic E-state index is 12.9. The third-order valence-corrected chi connectivity index (χ3v) is 8.37. The Morgan fingerprint density at radius 3 is 2.44 bits per heavy atom. The Hall–Kier alpha value is -1.94. The van der Waals surface area contributed by atoms with Crippen LogP contribution < -0.4 is 5.32 Å². The van der Waals surface area contributed by atoms with Gasteiger partial charge < -0.3 is 15.3 Å². The van der Waals surface area contributed by atoms with Gasteiger partial charge in [0, 0.05) is 50.1 Å². The number of benzene rings is 1. The number of hydrogen-bond acceptors (Lipinski definition) is 5. The van der Waals surface area contributed by atoms with Gasteiger partial charge in [-0.05, 0) is 50.5 Å². The minimum absolute atomic E-state index is 0.0597. The summed E-state index contributed by atoms with van der Waals surface area (Å²) in [5, 5.41) is 23.1. The number of piperidine rings is 1. The quantitative estimate of drug-likeness (QED) is 0.717. The van der Waals surface area contributed by atoms with E-state index in [4.69, 9.17) is 0 Å². The fourth-order valence-corrected chi connectivity index (χ4v) is 6.24. The molecule has 2 saturated heterocycles. The van der Waals surface area contributed by atoms with Crippen molar-refractivity contribution in [1.29, 1.82) is 5.26 Å². The lowest BCUT2D eigenvalue weighted by Crippen LogP contribution is -2.73. The molecule has 2 aliphatic carbocycles. The minimum Gasteiger partial charge on any atom is -0.393 e. The van der Waals surface area contributed by atoms with Crippen molar-refractivity contribution in [1.82, 2.24) is 15.1 Å². The van der Waals surface area contributed by atoms with Crippen molar-refractivity contribution in [3.63, 3.8) is 0 Å². The van der Waals surface area contributed by atoms with Crippen LogP contribution in [0, 0.1) is 17.2 Å². The molecule has 0 spiro atoms. The van der Waals surface area contributed by atoms with Gasteiger partial charge in [0.05, 0.1) is 24.1 Å². The number of nitrogens with zero attached hydrogens (tertiary/aromatic N) is 3. The highest BCUT2D eigenvalue weighted by atomic mass is 16.3. The van der Waals surface area contributed by atoms with Crippen LogP contribution in [-0.4, -0.2) is 70.7 Å². The van der Waals surface area contributed by atoms with Gasteiger partial charge in [0.25, 0.3) is 0 Å². The summed E-state index contributed by atoms with van der Waals surface area (Å²) in [5.41, 5.74) is 1.29. The Bertz CT molecular complexity index is 831. The van der Waals surface area contributed by atoms with Crippen LogP contribution >= 0.6 is 0 Å². The molecule has 1 aromatic rings. The van der Waals surface area contributed by atoms with Gasteiger partial charge in [0.1, 0.15) is 0 Å². The number of hydrogen-bond donors (Lipinski definition) is 2. The topological polar surface area (TPSA) is 79.6 Å². The van der Waals surface area contributed by atoms with Gasteiger partial charge in [-0.15, -0.1) is 0 Å². The highest BCUT2D eigenvalue weighted by molar-refractivity contribution is 5.80. The van der Waals surface area contributed by atoms with Gasteiger partial charge in [0.2, 0.25) is 5.91 Å². The summed E-state index contributed by atoms with van der Waals surface area (Å²) in [6, 6.07) is 14.4. The van der Waals surface area contributed by atoms with Crippen molar-refractivity contribution in [2.45, 2.75) is 81.0 Å². The predicted octanol–water partition coefficient (Wildman–Crippen LogP) is 2.64. The first-order valence-electron chi connectivity index (χ1n) is 12.5. The molecule has 6 nitrogen and oxygen atoms in total. The SMILES string of the molecule is N#CCC1(N2CCC(N[C@@H]3C[C@H]3c3ccccc3)CC2)CN(C(=O)C2CCC(O)CC2)C1. The molecule has 4 fully saturated rings. The van der Waals surface area contributed by atoms with Crippen LogP contribution in [0.25, 0.3) is 0 Å². The van der Waals surface area contributed by atoms with Gasteiger partial charge in [-0.3, -0.25) is 9.69 Å². The Balaban J connectivity index is 1.10. The van der Waals surface area contributed by atoms with Gasteiger partial charge in [0.15, 0.2) is 0 Å². The summed E-state index contributed by atoms with van der Waals surface area (Å²) in [6.45, 7) is 3.38. The first-order chi connectivity index (χ1) is 15.6. The van der Waals surface area contributed by atoms with Crippen molar-refractivity contribution in [3.05, 3.63) is 35.9 Å². The van der Waals surface area contributed by atoms with E-state index < -0.39 is 0 Å². The van der Waals surface area contributed by atoms with E-state index in [1.165, 1.54) is 12.0 Å². The number of carbonyl (C=O) groups is 1. The van der Waals surface area contributed by atoms with E-state index in [1.807, 2.05) is 4.90 Å². The zero-order valence-corrected chi connectivity index (χ0v) is 19.0. The standard InChI is InChI=1S/C26H36N4O2/c27-13-12-26(17-29(18-26)25(32)20-6-8-22(31)9-7-20)30-14-10-21(11-15-30)28-24-16-23(24)19-4-2-1-3-5-19/h1-5,20-24,28,31H,6-12,14-18H2/t20?,22?,23-,24+/m0/s1. The molecule has 1 aromatic carbocycles. The van der Waals surface area contributed by atoms with Crippen LogP contribution in [0.3, 0.4) is 0 Å². The summed E-state index contributed by atoms with van der Waals surface area (Å²) in [5.74, 6) is 0.957. The third kappa shape index (κ3) is 4.44. The minimum atomic E-state index is -0.235. The van der Waals surface area contributed by atoms with Crippen molar-refractivity contribution < 1.29 is 9.90 Å². The molecular weight excluding hydrogens is 400 g/mol. The van der Waals surface area contributed by atoms with Crippen LogP contribution in [0.15, 0.2) is 30.3 Å². The molecule has 0 radical (unpaired) electrons. The highest BCUT2D eigenvalue weighted by Crippen LogP contribution is 2.42. The summed E-state index contributed by atoms with van der Waals surface area (Å²) in [4.78, 5) is 17.4. The maximum absolute atomic E-state index is 12.9. The molecule has 2 atom stereocenters. The molecule has 2 N–H and O–H groups in total. The lowest BCUT2D eigenvalue weighted by Gasteiger charge is -2.57. The number of aliphatic hydroxyl groups excluding tert-OH is 1. The maximum Gasteiger partial charge on any atom is 0.225 e. The van der Waals surface area contributed by atoms with Crippen LogP contribution in [0.1, 0.15) is 62.8 Å². The summed E-state index contributed by atoms with van der Waals surface area (Å²) >= 11 is 0. The molecule has 0 unspecified atom stereocenters. The van der Waals surface area contributed by atoms with E-state index in [0.717, 1.165) is 51.6 Å². The van der Waals surface area contributed by atoms with Crippen LogP contribution in [-0.2, 0) is 4.79 Å². The molecular formula is C26H36N4O2. The van der Waals surface area contributed by atoms with Crippen LogP contribution in [0.2, 0.25) is 0 Å². The number of likely N-dealkylation sites (tertiary alicyclic amines) is 2. The molecule has 6 heteroatoms. The zero-order chi connectivity index (χ0) is 22.1. The average Bonchev–Trinajstić information content (AvgIpc) is 3.56. The van der Waals surface area contributed by atoms with E-state index in [2.05, 4.69) is 46.6 Å². The second kappa shape index (κ2) is 9.13. The lowest BCUT2D eigenvalue weighted by molar-refractivity contribution is -0.153. The molecule has 2 saturated carbocycles.